The van der Waals surface area contributed by atoms with Gasteiger partial charge in [-0.3, -0.25) is 9.30 Å². The molecule has 8 nitrogen and oxygen atoms in total. The van der Waals surface area contributed by atoms with Gasteiger partial charge in [0.25, 0.3) is 0 Å². The van der Waals surface area contributed by atoms with Crippen molar-refractivity contribution < 1.29 is 9.18 Å². The molecular weight excluding hydrogens is 429 g/mol. The summed E-state index contributed by atoms with van der Waals surface area (Å²) in [4.78, 5) is 31.8. The monoisotopic (exact) mass is 451 g/mol. The van der Waals surface area contributed by atoms with Gasteiger partial charge in [0.2, 0.25) is 0 Å². The maximum atomic E-state index is 13.7. The maximum Gasteiger partial charge on any atom is 0.180 e. The second kappa shape index (κ2) is 8.71. The number of likely N-dealkylation sites (tertiary alicyclic amines) is 1. The topological polar surface area (TPSA) is 88.3 Å². The van der Waals surface area contributed by atoms with Crippen LogP contribution in [0.4, 0.5) is 10.2 Å². The van der Waals surface area contributed by atoms with Crippen molar-refractivity contribution in [3.63, 3.8) is 0 Å². The highest BCUT2D eigenvalue weighted by atomic mass is 32.1. The SMILES string of the molecule is Cc1nc(C(C=O)N2CCCC(Nc3ccnc(-c4cnc5ccc(F)cn45)n3)C2)cs1. The summed E-state index contributed by atoms with van der Waals surface area (Å²) in [6, 6.07) is 4.60. The second-order valence-electron chi connectivity index (χ2n) is 7.84. The Balaban J connectivity index is 1.34. The first kappa shape index (κ1) is 20.7. The van der Waals surface area contributed by atoms with E-state index in [4.69, 9.17) is 0 Å². The highest BCUT2D eigenvalue weighted by Crippen LogP contribution is 2.26. The summed E-state index contributed by atoms with van der Waals surface area (Å²) >= 11 is 1.56. The third kappa shape index (κ3) is 4.11. The molecule has 0 aliphatic carbocycles. The molecule has 0 bridgehead atoms. The summed E-state index contributed by atoms with van der Waals surface area (Å²) in [7, 11) is 0. The largest absolute Gasteiger partial charge is 0.366 e. The molecule has 5 rings (SSSR count). The van der Waals surface area contributed by atoms with Crippen LogP contribution in [-0.4, -0.2) is 54.7 Å². The van der Waals surface area contributed by atoms with Crippen molar-refractivity contribution in [2.45, 2.75) is 31.8 Å². The predicted octanol–water partition coefficient (Wildman–Crippen LogP) is 3.51. The average Bonchev–Trinajstić information content (AvgIpc) is 3.41. The van der Waals surface area contributed by atoms with Crippen LogP contribution in [0.25, 0.3) is 17.2 Å². The highest BCUT2D eigenvalue weighted by molar-refractivity contribution is 7.09. The number of piperidine rings is 1. The third-order valence-electron chi connectivity index (χ3n) is 5.62. The number of aryl methyl sites for hydroxylation is 1. The summed E-state index contributed by atoms with van der Waals surface area (Å²) in [6.07, 6.45) is 7.61. The number of carbonyl (C=O) groups excluding carboxylic acids is 1. The van der Waals surface area contributed by atoms with E-state index in [1.165, 1.54) is 12.3 Å². The van der Waals surface area contributed by atoms with Crippen LogP contribution in [0.3, 0.4) is 0 Å². The van der Waals surface area contributed by atoms with Gasteiger partial charge in [0.1, 0.15) is 35.3 Å². The molecule has 0 aromatic carbocycles. The van der Waals surface area contributed by atoms with E-state index in [0.29, 0.717) is 29.5 Å². The van der Waals surface area contributed by atoms with Gasteiger partial charge in [-0.25, -0.2) is 24.3 Å². The first-order valence-electron chi connectivity index (χ1n) is 10.4. The first-order valence-corrected chi connectivity index (χ1v) is 11.3. The lowest BCUT2D eigenvalue weighted by Crippen LogP contribution is -2.44. The molecule has 1 N–H and O–H groups in total. The number of nitrogens with one attached hydrogen (secondary N) is 1. The Morgan fingerprint density at radius 2 is 2.19 bits per heavy atom. The van der Waals surface area contributed by atoms with Crippen LogP contribution >= 0.6 is 11.3 Å². The molecule has 0 radical (unpaired) electrons. The van der Waals surface area contributed by atoms with E-state index in [1.807, 2.05) is 18.4 Å². The zero-order valence-corrected chi connectivity index (χ0v) is 18.3. The molecule has 5 heterocycles. The van der Waals surface area contributed by atoms with Crippen molar-refractivity contribution in [1.29, 1.82) is 0 Å². The van der Waals surface area contributed by atoms with E-state index in [2.05, 4.69) is 30.2 Å². The zero-order chi connectivity index (χ0) is 22.1. The molecule has 2 atom stereocenters. The van der Waals surface area contributed by atoms with Gasteiger partial charge in [-0.1, -0.05) is 0 Å². The van der Waals surface area contributed by atoms with E-state index >= 15 is 0 Å². The van der Waals surface area contributed by atoms with Crippen LogP contribution < -0.4 is 5.32 Å². The van der Waals surface area contributed by atoms with Crippen molar-refractivity contribution >= 4 is 29.1 Å². The number of carbonyl (C=O) groups is 1. The Labute approximate surface area is 188 Å². The highest BCUT2D eigenvalue weighted by Gasteiger charge is 2.28. The molecule has 1 aliphatic rings. The maximum absolute atomic E-state index is 13.7. The number of rotatable bonds is 6. The van der Waals surface area contributed by atoms with Crippen LogP contribution in [0, 0.1) is 12.7 Å². The van der Waals surface area contributed by atoms with Gasteiger partial charge in [0.05, 0.1) is 16.9 Å². The minimum absolute atomic E-state index is 0.133. The molecule has 10 heteroatoms. The van der Waals surface area contributed by atoms with Crippen LogP contribution in [0.2, 0.25) is 0 Å². The van der Waals surface area contributed by atoms with Gasteiger partial charge in [0.15, 0.2) is 5.82 Å². The molecule has 0 spiro atoms. The van der Waals surface area contributed by atoms with Crippen molar-refractivity contribution in [3.8, 4) is 11.5 Å². The molecule has 1 fully saturated rings. The molecule has 32 heavy (non-hydrogen) atoms. The minimum Gasteiger partial charge on any atom is -0.366 e. The smallest absolute Gasteiger partial charge is 0.180 e. The van der Waals surface area contributed by atoms with Crippen LogP contribution in [0.5, 0.6) is 0 Å². The van der Waals surface area contributed by atoms with E-state index < -0.39 is 0 Å². The van der Waals surface area contributed by atoms with Crippen molar-refractivity contribution in [2.24, 2.45) is 0 Å². The number of pyridine rings is 1. The van der Waals surface area contributed by atoms with Crippen molar-refractivity contribution in [2.75, 3.05) is 18.4 Å². The summed E-state index contributed by atoms with van der Waals surface area (Å²) < 4.78 is 15.4. The molecule has 164 valence electrons. The molecular formula is C22H22FN7OS. The number of hydrogen-bond acceptors (Lipinski definition) is 8. The molecule has 1 saturated heterocycles. The molecule has 4 aromatic heterocycles. The van der Waals surface area contributed by atoms with Gasteiger partial charge in [0, 0.05) is 30.4 Å². The third-order valence-corrected chi connectivity index (χ3v) is 6.41. The minimum atomic E-state index is -0.353. The lowest BCUT2D eigenvalue weighted by molar-refractivity contribution is -0.113. The summed E-state index contributed by atoms with van der Waals surface area (Å²) in [5.74, 6) is 0.790. The zero-order valence-electron chi connectivity index (χ0n) is 17.5. The Bertz CT molecular complexity index is 1260. The van der Waals surface area contributed by atoms with Crippen molar-refractivity contribution in [3.05, 3.63) is 58.7 Å². The van der Waals surface area contributed by atoms with Crippen LogP contribution in [0.1, 0.15) is 29.6 Å². The lowest BCUT2D eigenvalue weighted by atomic mass is 10.0. The fourth-order valence-electron chi connectivity index (χ4n) is 4.13. The first-order chi connectivity index (χ1) is 15.6. The number of halogens is 1. The molecule has 2 unspecified atom stereocenters. The number of hydrogen-bond donors (Lipinski definition) is 1. The number of nitrogens with zero attached hydrogens (tertiary/aromatic N) is 6. The standard InChI is InChI=1S/C22H22FN7OS/c1-14-26-17(13-32-14)19(12-31)29-8-2-3-16(11-29)27-20-6-7-24-22(28-20)18-9-25-21-5-4-15(23)10-30(18)21/h4-7,9-10,12-13,16,19H,2-3,8,11H2,1H3,(H,24,27,28). The molecule has 0 saturated carbocycles. The van der Waals surface area contributed by atoms with Crippen LogP contribution in [0.15, 0.2) is 42.2 Å². The fraction of sp³-hybridized carbons (Fsp3) is 0.318. The average molecular weight is 452 g/mol. The van der Waals surface area contributed by atoms with Gasteiger partial charge >= 0.3 is 0 Å². The summed E-state index contributed by atoms with van der Waals surface area (Å²) in [5.41, 5.74) is 2.06. The van der Waals surface area contributed by atoms with E-state index in [0.717, 1.165) is 36.4 Å². The summed E-state index contributed by atoms with van der Waals surface area (Å²) in [6.45, 7) is 3.50. The predicted molar refractivity (Wildman–Crippen MR) is 120 cm³/mol. The molecule has 4 aromatic rings. The van der Waals surface area contributed by atoms with Gasteiger partial charge in [-0.05, 0) is 44.5 Å². The quantitative estimate of drug-likeness (QED) is 0.449. The van der Waals surface area contributed by atoms with E-state index in [1.54, 1.807) is 34.2 Å². The number of aromatic nitrogens is 5. The number of thiazole rings is 1. The normalized spacial score (nSPS) is 18.0. The number of anilines is 1. The van der Waals surface area contributed by atoms with Crippen molar-refractivity contribution in [1.82, 2.24) is 29.2 Å². The Morgan fingerprint density at radius 3 is 3.00 bits per heavy atom. The Kier molecular flexibility index (Phi) is 5.62. The Hall–Kier alpha value is -3.24. The lowest BCUT2D eigenvalue weighted by Gasteiger charge is -2.36. The fourth-order valence-corrected chi connectivity index (χ4v) is 4.77. The summed E-state index contributed by atoms with van der Waals surface area (Å²) in [5, 5.41) is 6.39. The second-order valence-corrected chi connectivity index (χ2v) is 8.90. The van der Waals surface area contributed by atoms with E-state index in [9.17, 15) is 9.18 Å². The van der Waals surface area contributed by atoms with Gasteiger partial charge < -0.3 is 10.1 Å². The molecule has 0 amide bonds. The molecule has 1 aliphatic heterocycles. The van der Waals surface area contributed by atoms with Gasteiger partial charge in [-0.2, -0.15) is 0 Å². The van der Waals surface area contributed by atoms with E-state index in [-0.39, 0.29) is 17.9 Å². The Morgan fingerprint density at radius 1 is 1.28 bits per heavy atom. The number of imidazole rings is 1. The number of aldehydes is 1. The number of fused-ring (bicyclic) bond motifs is 1. The van der Waals surface area contributed by atoms with Crippen LogP contribution in [-0.2, 0) is 4.79 Å². The van der Waals surface area contributed by atoms with Gasteiger partial charge in [-0.15, -0.1) is 11.3 Å².